The first-order valence-corrected chi connectivity index (χ1v) is 11.3. The number of rotatable bonds is 2. The van der Waals surface area contributed by atoms with Gasteiger partial charge in [-0.3, -0.25) is 14.4 Å². The van der Waals surface area contributed by atoms with Crippen LogP contribution in [0.4, 0.5) is 0 Å². The largest absolute Gasteiger partial charge is 0.375 e. The van der Waals surface area contributed by atoms with Crippen LogP contribution in [0.1, 0.15) is 38.8 Å². The molecule has 4 heterocycles. The molecule has 1 N–H and O–H groups in total. The third-order valence-corrected chi connectivity index (χ3v) is 6.99. The van der Waals surface area contributed by atoms with Crippen molar-refractivity contribution >= 4 is 33.2 Å². The molecule has 0 aliphatic carbocycles. The fourth-order valence-electron chi connectivity index (χ4n) is 4.44. The summed E-state index contributed by atoms with van der Waals surface area (Å²) in [5.41, 5.74) is 2.12. The van der Waals surface area contributed by atoms with Crippen molar-refractivity contribution in [2.45, 2.75) is 26.0 Å². The average Bonchev–Trinajstić information content (AvgIpc) is 3.22. The summed E-state index contributed by atoms with van der Waals surface area (Å²) >= 11 is 1.56. The summed E-state index contributed by atoms with van der Waals surface area (Å²) in [5.74, 6) is -0.277. The van der Waals surface area contributed by atoms with Gasteiger partial charge in [0.25, 0.3) is 17.4 Å². The summed E-state index contributed by atoms with van der Waals surface area (Å²) in [7, 11) is 0. The van der Waals surface area contributed by atoms with E-state index in [1.807, 2.05) is 36.6 Å². The minimum atomic E-state index is -0.369. The van der Waals surface area contributed by atoms with E-state index in [2.05, 4.69) is 4.98 Å². The molecule has 3 aromatic rings. The number of pyridine rings is 1. The standard InChI is InChI=1S/C23H23N3O4S/c1-14-11-26(8-9-30-14)23(29)20-16-6-7-25(12-15(16)10-24-21(20)27)22(28)18-13-31-19-5-3-2-4-17(18)19/h2-5,10,13-14H,6-9,11-12H2,1H3,(H,24,27)/t14-/m0/s1. The maximum atomic E-state index is 13.2. The minimum absolute atomic E-state index is 0.0239. The lowest BCUT2D eigenvalue weighted by molar-refractivity contribution is -0.0125. The van der Waals surface area contributed by atoms with Crippen LogP contribution in [-0.4, -0.2) is 58.9 Å². The minimum Gasteiger partial charge on any atom is -0.375 e. The van der Waals surface area contributed by atoms with Gasteiger partial charge in [-0.25, -0.2) is 0 Å². The molecule has 0 unspecified atom stereocenters. The number of aromatic nitrogens is 1. The van der Waals surface area contributed by atoms with E-state index in [1.54, 1.807) is 27.3 Å². The van der Waals surface area contributed by atoms with Crippen molar-refractivity contribution in [3.8, 4) is 0 Å². The van der Waals surface area contributed by atoms with Gasteiger partial charge in [-0.2, -0.15) is 0 Å². The van der Waals surface area contributed by atoms with Gasteiger partial charge >= 0.3 is 0 Å². The summed E-state index contributed by atoms with van der Waals surface area (Å²) in [6.45, 7) is 4.17. The van der Waals surface area contributed by atoms with Crippen molar-refractivity contribution in [1.29, 1.82) is 0 Å². The van der Waals surface area contributed by atoms with Gasteiger partial charge in [0.1, 0.15) is 5.56 Å². The SMILES string of the molecule is C[C@H]1CN(C(=O)c2c3c(c[nH]c2=O)CN(C(=O)c2csc4ccccc24)CC3)CCO1. The first kappa shape index (κ1) is 20.0. The van der Waals surface area contributed by atoms with Crippen molar-refractivity contribution in [3.63, 3.8) is 0 Å². The zero-order chi connectivity index (χ0) is 21.5. The highest BCUT2D eigenvalue weighted by atomic mass is 32.1. The van der Waals surface area contributed by atoms with Gasteiger partial charge in [0.05, 0.1) is 18.3 Å². The van der Waals surface area contributed by atoms with Crippen LogP contribution < -0.4 is 5.56 Å². The molecule has 0 saturated carbocycles. The van der Waals surface area contributed by atoms with Gasteiger partial charge < -0.3 is 19.5 Å². The van der Waals surface area contributed by atoms with E-state index < -0.39 is 0 Å². The first-order valence-electron chi connectivity index (χ1n) is 10.4. The Hall–Kier alpha value is -2.97. The Morgan fingerprint density at radius 2 is 2.00 bits per heavy atom. The second-order valence-corrected chi connectivity index (χ2v) is 8.96. The first-order chi connectivity index (χ1) is 15.0. The van der Waals surface area contributed by atoms with Gasteiger partial charge in [-0.1, -0.05) is 18.2 Å². The molecule has 0 spiro atoms. The number of H-pyrrole nitrogens is 1. The number of nitrogens with one attached hydrogen (secondary N) is 1. The van der Waals surface area contributed by atoms with E-state index in [1.165, 1.54) is 0 Å². The molecular weight excluding hydrogens is 414 g/mol. The number of thiophene rings is 1. The lowest BCUT2D eigenvalue weighted by Gasteiger charge is -2.33. The number of fused-ring (bicyclic) bond motifs is 2. The maximum Gasteiger partial charge on any atom is 0.261 e. The monoisotopic (exact) mass is 437 g/mol. The molecular formula is C23H23N3O4S. The van der Waals surface area contributed by atoms with E-state index in [0.29, 0.717) is 44.8 Å². The molecule has 1 aromatic carbocycles. The van der Waals surface area contributed by atoms with E-state index in [-0.39, 0.29) is 29.0 Å². The maximum absolute atomic E-state index is 13.2. The predicted molar refractivity (Wildman–Crippen MR) is 119 cm³/mol. The van der Waals surface area contributed by atoms with Crippen LogP contribution in [0.5, 0.6) is 0 Å². The molecule has 0 radical (unpaired) electrons. The highest BCUT2D eigenvalue weighted by Crippen LogP contribution is 2.29. The van der Waals surface area contributed by atoms with Crippen LogP contribution in [0.15, 0.2) is 40.6 Å². The summed E-state index contributed by atoms with van der Waals surface area (Å²) in [6.07, 6.45) is 2.07. The fraction of sp³-hybridized carbons (Fsp3) is 0.348. The van der Waals surface area contributed by atoms with Crippen molar-refractivity contribution in [3.05, 3.63) is 68.4 Å². The second-order valence-electron chi connectivity index (χ2n) is 8.05. The van der Waals surface area contributed by atoms with E-state index in [0.717, 1.165) is 21.2 Å². The third kappa shape index (κ3) is 3.55. The number of amides is 2. The molecule has 1 fully saturated rings. The Morgan fingerprint density at radius 1 is 1.16 bits per heavy atom. The number of ether oxygens (including phenoxy) is 1. The molecule has 7 nitrogen and oxygen atoms in total. The molecule has 2 aliphatic rings. The number of carbonyl (C=O) groups is 2. The van der Waals surface area contributed by atoms with E-state index in [9.17, 15) is 14.4 Å². The second kappa shape index (κ2) is 7.94. The Balaban J connectivity index is 1.43. The third-order valence-electron chi connectivity index (χ3n) is 6.03. The number of hydrogen-bond donors (Lipinski definition) is 1. The molecule has 1 saturated heterocycles. The number of hydrogen-bond acceptors (Lipinski definition) is 5. The molecule has 2 amide bonds. The number of benzene rings is 1. The van der Waals surface area contributed by atoms with Gasteiger partial charge in [-0.05, 0) is 30.5 Å². The molecule has 5 rings (SSSR count). The number of morpholine rings is 1. The lowest BCUT2D eigenvalue weighted by Crippen LogP contribution is -2.47. The van der Waals surface area contributed by atoms with Crippen molar-refractivity contribution in [2.75, 3.05) is 26.2 Å². The fourth-order valence-corrected chi connectivity index (χ4v) is 5.38. The van der Waals surface area contributed by atoms with Crippen LogP contribution in [0.25, 0.3) is 10.1 Å². The van der Waals surface area contributed by atoms with Crippen LogP contribution >= 0.6 is 11.3 Å². The Labute approximate surface area is 183 Å². The lowest BCUT2D eigenvalue weighted by atomic mass is 9.95. The van der Waals surface area contributed by atoms with Gasteiger partial charge in [0.15, 0.2) is 0 Å². The average molecular weight is 438 g/mol. The van der Waals surface area contributed by atoms with E-state index >= 15 is 0 Å². The molecule has 2 aliphatic heterocycles. The van der Waals surface area contributed by atoms with Crippen LogP contribution in [0.2, 0.25) is 0 Å². The Kier molecular flexibility index (Phi) is 5.11. The summed E-state index contributed by atoms with van der Waals surface area (Å²) in [4.78, 5) is 45.2. The number of carbonyl (C=O) groups excluding carboxylic acids is 2. The van der Waals surface area contributed by atoms with Crippen LogP contribution in [0, 0.1) is 0 Å². The zero-order valence-corrected chi connectivity index (χ0v) is 18.0. The molecule has 8 heteroatoms. The molecule has 0 bridgehead atoms. The number of aromatic amines is 1. The molecule has 2 aromatic heterocycles. The highest BCUT2D eigenvalue weighted by Gasteiger charge is 2.31. The quantitative estimate of drug-likeness (QED) is 0.668. The normalized spacial score (nSPS) is 18.8. The zero-order valence-electron chi connectivity index (χ0n) is 17.2. The molecule has 31 heavy (non-hydrogen) atoms. The van der Waals surface area contributed by atoms with Crippen LogP contribution in [0.3, 0.4) is 0 Å². The van der Waals surface area contributed by atoms with E-state index in [4.69, 9.17) is 4.74 Å². The summed E-state index contributed by atoms with van der Waals surface area (Å²) in [5, 5.41) is 2.87. The van der Waals surface area contributed by atoms with Crippen molar-refractivity contribution in [2.24, 2.45) is 0 Å². The highest BCUT2D eigenvalue weighted by molar-refractivity contribution is 7.17. The van der Waals surface area contributed by atoms with Gasteiger partial charge in [-0.15, -0.1) is 11.3 Å². The predicted octanol–water partition coefficient (Wildman–Crippen LogP) is 2.65. The number of nitrogens with zero attached hydrogens (tertiary/aromatic N) is 2. The summed E-state index contributed by atoms with van der Waals surface area (Å²) in [6, 6.07) is 7.88. The topological polar surface area (TPSA) is 82.7 Å². The van der Waals surface area contributed by atoms with Gasteiger partial charge in [0.2, 0.25) is 0 Å². The summed E-state index contributed by atoms with van der Waals surface area (Å²) < 4.78 is 6.60. The molecule has 160 valence electrons. The smallest absolute Gasteiger partial charge is 0.261 e. The van der Waals surface area contributed by atoms with Gasteiger partial charge in [0, 0.05) is 47.8 Å². The Morgan fingerprint density at radius 3 is 2.84 bits per heavy atom. The molecule has 1 atom stereocenters. The van der Waals surface area contributed by atoms with Crippen molar-refractivity contribution < 1.29 is 14.3 Å². The van der Waals surface area contributed by atoms with Crippen molar-refractivity contribution in [1.82, 2.24) is 14.8 Å². The van der Waals surface area contributed by atoms with Crippen LogP contribution in [-0.2, 0) is 17.7 Å². The Bertz CT molecular complexity index is 1230.